The smallest absolute Gasteiger partial charge is 0.330 e. The minimum absolute atomic E-state index is 0.164. The molecule has 0 fully saturated rings. The lowest BCUT2D eigenvalue weighted by Gasteiger charge is -2.18. The molecule has 0 heterocycles. The molecule has 1 rings (SSSR count). The van der Waals surface area contributed by atoms with Crippen LogP contribution in [0.2, 0.25) is 0 Å². The van der Waals surface area contributed by atoms with Gasteiger partial charge in [-0.25, -0.2) is 4.79 Å². The number of hydrogen-bond acceptors (Lipinski definition) is 5. The molecule has 6 nitrogen and oxygen atoms in total. The number of anilines is 1. The number of aryl methyl sites for hydroxylation is 1. The SMILES string of the molecule is CCCCc1cc(NC(=O)/C=C\C(C)=O)c(C)c(C)c1CC(=O)/C=C\C(=O)OC. The van der Waals surface area contributed by atoms with Gasteiger partial charge in [-0.15, -0.1) is 0 Å². The van der Waals surface area contributed by atoms with Crippen molar-refractivity contribution in [3.63, 3.8) is 0 Å². The summed E-state index contributed by atoms with van der Waals surface area (Å²) in [6.45, 7) is 7.25. The number of esters is 1. The van der Waals surface area contributed by atoms with E-state index in [-0.39, 0.29) is 23.9 Å². The van der Waals surface area contributed by atoms with Crippen molar-refractivity contribution in [3.05, 3.63) is 52.6 Å². The van der Waals surface area contributed by atoms with Gasteiger partial charge in [0.25, 0.3) is 0 Å². The predicted octanol–water partition coefficient (Wildman–Crippen LogP) is 3.57. The maximum Gasteiger partial charge on any atom is 0.330 e. The Labute approximate surface area is 172 Å². The van der Waals surface area contributed by atoms with Crippen molar-refractivity contribution in [1.82, 2.24) is 0 Å². The van der Waals surface area contributed by atoms with Gasteiger partial charge in [0.05, 0.1) is 7.11 Å². The number of ketones is 2. The first-order valence-electron chi connectivity index (χ1n) is 9.60. The largest absolute Gasteiger partial charge is 0.466 e. The fraction of sp³-hybridized carbons (Fsp3) is 0.391. The van der Waals surface area contributed by atoms with Crippen LogP contribution in [0.1, 0.15) is 48.9 Å². The quantitative estimate of drug-likeness (QED) is 0.480. The van der Waals surface area contributed by atoms with Crippen LogP contribution in [-0.2, 0) is 36.8 Å². The molecule has 1 N–H and O–H groups in total. The molecule has 0 atom stereocenters. The minimum Gasteiger partial charge on any atom is -0.466 e. The molecule has 1 aromatic carbocycles. The topological polar surface area (TPSA) is 89.5 Å². The Hall–Kier alpha value is -3.02. The Morgan fingerprint density at radius 3 is 2.31 bits per heavy atom. The zero-order valence-electron chi connectivity index (χ0n) is 17.8. The molecule has 29 heavy (non-hydrogen) atoms. The Morgan fingerprint density at radius 1 is 1.03 bits per heavy atom. The Balaban J connectivity index is 3.22. The molecule has 1 aromatic rings. The van der Waals surface area contributed by atoms with E-state index in [4.69, 9.17) is 0 Å². The van der Waals surface area contributed by atoms with Crippen molar-refractivity contribution in [2.45, 2.75) is 53.4 Å². The maximum absolute atomic E-state index is 12.3. The van der Waals surface area contributed by atoms with Crippen LogP contribution in [0.15, 0.2) is 30.4 Å². The number of benzene rings is 1. The summed E-state index contributed by atoms with van der Waals surface area (Å²) in [6, 6.07) is 1.89. The zero-order valence-corrected chi connectivity index (χ0v) is 17.8. The van der Waals surface area contributed by atoms with Crippen LogP contribution in [0.4, 0.5) is 5.69 Å². The van der Waals surface area contributed by atoms with Crippen LogP contribution in [-0.4, -0.2) is 30.6 Å². The molecule has 1 amide bonds. The first-order valence-corrected chi connectivity index (χ1v) is 9.60. The van der Waals surface area contributed by atoms with Gasteiger partial charge in [0.1, 0.15) is 0 Å². The second-order valence-corrected chi connectivity index (χ2v) is 6.85. The molecule has 0 bridgehead atoms. The molecular weight excluding hydrogens is 370 g/mol. The predicted molar refractivity (Wildman–Crippen MR) is 113 cm³/mol. The van der Waals surface area contributed by atoms with Crippen molar-refractivity contribution in [3.8, 4) is 0 Å². The molecule has 0 aliphatic rings. The number of unbranched alkanes of at least 4 members (excludes halogenated alkanes) is 1. The Bertz CT molecular complexity index is 849. The lowest BCUT2D eigenvalue weighted by molar-refractivity contribution is -0.135. The number of ether oxygens (including phenoxy) is 1. The third-order valence-corrected chi connectivity index (χ3v) is 4.61. The van der Waals surface area contributed by atoms with E-state index in [2.05, 4.69) is 17.0 Å². The number of carbonyl (C=O) groups is 4. The first-order chi connectivity index (χ1) is 13.7. The van der Waals surface area contributed by atoms with Crippen molar-refractivity contribution >= 4 is 29.1 Å². The zero-order chi connectivity index (χ0) is 22.0. The average Bonchev–Trinajstić information content (AvgIpc) is 2.68. The van der Waals surface area contributed by atoms with Gasteiger partial charge < -0.3 is 10.1 Å². The van der Waals surface area contributed by atoms with E-state index in [1.165, 1.54) is 32.3 Å². The number of carbonyl (C=O) groups excluding carboxylic acids is 4. The van der Waals surface area contributed by atoms with Crippen LogP contribution < -0.4 is 5.32 Å². The first kappa shape index (κ1) is 24.0. The summed E-state index contributed by atoms with van der Waals surface area (Å²) in [6.07, 6.45) is 7.64. The molecule has 0 aliphatic heterocycles. The monoisotopic (exact) mass is 399 g/mol. The second-order valence-electron chi connectivity index (χ2n) is 6.85. The van der Waals surface area contributed by atoms with E-state index >= 15 is 0 Å². The fourth-order valence-corrected chi connectivity index (χ4v) is 2.83. The summed E-state index contributed by atoms with van der Waals surface area (Å²) in [5.74, 6) is -1.36. The molecule has 0 spiro atoms. The van der Waals surface area contributed by atoms with Crippen LogP contribution in [0.5, 0.6) is 0 Å². The van der Waals surface area contributed by atoms with Crippen LogP contribution in [0.25, 0.3) is 0 Å². The maximum atomic E-state index is 12.3. The normalized spacial score (nSPS) is 11.1. The highest BCUT2D eigenvalue weighted by atomic mass is 16.5. The molecule has 0 saturated heterocycles. The van der Waals surface area contributed by atoms with E-state index in [9.17, 15) is 19.2 Å². The summed E-state index contributed by atoms with van der Waals surface area (Å²) in [5.41, 5.74) is 4.33. The van der Waals surface area contributed by atoms with Gasteiger partial charge in [-0.05, 0) is 74.1 Å². The average molecular weight is 399 g/mol. The Morgan fingerprint density at radius 2 is 1.72 bits per heavy atom. The lowest BCUT2D eigenvalue weighted by Crippen LogP contribution is -2.13. The number of hydrogen-bond donors (Lipinski definition) is 1. The molecule has 6 heteroatoms. The number of amides is 1. The summed E-state index contributed by atoms with van der Waals surface area (Å²) in [5, 5.41) is 2.81. The molecule has 0 radical (unpaired) electrons. The van der Waals surface area contributed by atoms with E-state index < -0.39 is 5.97 Å². The molecule has 0 unspecified atom stereocenters. The van der Waals surface area contributed by atoms with Crippen LogP contribution in [0, 0.1) is 13.8 Å². The van der Waals surface area contributed by atoms with E-state index in [1.807, 2.05) is 19.9 Å². The van der Waals surface area contributed by atoms with Crippen LogP contribution in [0.3, 0.4) is 0 Å². The van der Waals surface area contributed by atoms with Crippen molar-refractivity contribution in [1.29, 1.82) is 0 Å². The fourth-order valence-electron chi connectivity index (χ4n) is 2.83. The van der Waals surface area contributed by atoms with E-state index in [0.29, 0.717) is 5.69 Å². The van der Waals surface area contributed by atoms with E-state index in [1.54, 1.807) is 0 Å². The van der Waals surface area contributed by atoms with E-state index in [0.717, 1.165) is 47.6 Å². The third kappa shape index (κ3) is 7.86. The lowest BCUT2D eigenvalue weighted by atomic mass is 9.90. The summed E-state index contributed by atoms with van der Waals surface area (Å²) >= 11 is 0. The number of methoxy groups -OCH3 is 1. The van der Waals surface area contributed by atoms with Gasteiger partial charge in [0.2, 0.25) is 5.91 Å². The molecule has 0 saturated carbocycles. The molecule has 156 valence electrons. The minimum atomic E-state index is -0.575. The van der Waals surface area contributed by atoms with Gasteiger partial charge in [0, 0.05) is 24.3 Å². The standard InChI is InChI=1S/C23H29NO5/c1-6-7-8-18-13-21(24-22(27)11-9-15(2)25)17(4)16(3)20(18)14-19(26)10-12-23(28)29-5/h9-13H,6-8,14H2,1-5H3,(H,24,27)/b11-9-,12-10-. The Kier molecular flexibility index (Phi) is 9.72. The molecule has 0 aromatic heterocycles. The van der Waals surface area contributed by atoms with Gasteiger partial charge in [-0.2, -0.15) is 0 Å². The highest BCUT2D eigenvalue weighted by Gasteiger charge is 2.16. The summed E-state index contributed by atoms with van der Waals surface area (Å²) < 4.78 is 4.51. The third-order valence-electron chi connectivity index (χ3n) is 4.61. The summed E-state index contributed by atoms with van der Waals surface area (Å²) in [7, 11) is 1.26. The molecule has 0 aliphatic carbocycles. The van der Waals surface area contributed by atoms with Gasteiger partial charge in [0.15, 0.2) is 11.6 Å². The van der Waals surface area contributed by atoms with Gasteiger partial charge in [-0.1, -0.05) is 13.3 Å². The van der Waals surface area contributed by atoms with Crippen molar-refractivity contribution in [2.24, 2.45) is 0 Å². The number of rotatable bonds is 10. The number of allylic oxidation sites excluding steroid dienone is 2. The highest BCUT2D eigenvalue weighted by Crippen LogP contribution is 2.28. The molecular formula is C23H29NO5. The summed E-state index contributed by atoms with van der Waals surface area (Å²) in [4.78, 5) is 46.7. The second kappa shape index (κ2) is 11.7. The van der Waals surface area contributed by atoms with Gasteiger partial charge >= 0.3 is 5.97 Å². The van der Waals surface area contributed by atoms with Crippen LogP contribution >= 0.6 is 0 Å². The van der Waals surface area contributed by atoms with Crippen molar-refractivity contribution < 1.29 is 23.9 Å². The van der Waals surface area contributed by atoms with Crippen molar-refractivity contribution in [2.75, 3.05) is 12.4 Å². The number of nitrogens with one attached hydrogen (secondary N) is 1. The highest BCUT2D eigenvalue weighted by molar-refractivity contribution is 6.04. The van der Waals surface area contributed by atoms with Gasteiger partial charge in [-0.3, -0.25) is 14.4 Å².